The molecule has 2 aromatic rings. The average Bonchev–Trinajstić information content (AvgIpc) is 2.78. The van der Waals surface area contributed by atoms with Crippen molar-refractivity contribution < 1.29 is 0 Å². The molecule has 2 N–H and O–H groups in total. The number of thiazole rings is 1. The van der Waals surface area contributed by atoms with E-state index in [9.17, 15) is 0 Å². The third kappa shape index (κ3) is 2.26. The number of hydrogen-bond donors (Lipinski definition) is 1. The molecule has 0 aliphatic heterocycles. The first kappa shape index (κ1) is 11.6. The second kappa shape index (κ2) is 4.95. The Hall–Kier alpha value is -0.900. The zero-order chi connectivity index (χ0) is 11.5. The van der Waals surface area contributed by atoms with Gasteiger partial charge in [0.1, 0.15) is 5.01 Å². The van der Waals surface area contributed by atoms with Gasteiger partial charge < -0.3 is 5.73 Å². The lowest BCUT2D eigenvalue weighted by Gasteiger charge is -2.03. The molecule has 16 heavy (non-hydrogen) atoms. The summed E-state index contributed by atoms with van der Waals surface area (Å²) >= 11 is 7.73. The second-order valence-corrected chi connectivity index (χ2v) is 4.96. The van der Waals surface area contributed by atoms with Crippen molar-refractivity contribution in [1.82, 2.24) is 4.98 Å². The predicted molar refractivity (Wildman–Crippen MR) is 70.0 cm³/mol. The van der Waals surface area contributed by atoms with Gasteiger partial charge in [0.2, 0.25) is 0 Å². The summed E-state index contributed by atoms with van der Waals surface area (Å²) in [4.78, 5) is 4.57. The molecule has 0 saturated heterocycles. The van der Waals surface area contributed by atoms with Crippen LogP contribution in [0.4, 0.5) is 0 Å². The maximum Gasteiger partial charge on any atom is 0.125 e. The van der Waals surface area contributed by atoms with Crippen molar-refractivity contribution in [1.29, 1.82) is 0 Å². The van der Waals surface area contributed by atoms with Crippen molar-refractivity contribution in [3.05, 3.63) is 40.4 Å². The minimum Gasteiger partial charge on any atom is -0.330 e. The highest BCUT2D eigenvalue weighted by atomic mass is 35.5. The molecule has 0 saturated carbocycles. The zero-order valence-electron chi connectivity index (χ0n) is 8.98. The highest BCUT2D eigenvalue weighted by Gasteiger charge is 2.11. The first-order valence-corrected chi connectivity index (χ1v) is 6.38. The Bertz CT molecular complexity index is 481. The quantitative estimate of drug-likeness (QED) is 0.908. The fourth-order valence-electron chi connectivity index (χ4n) is 1.39. The van der Waals surface area contributed by atoms with Crippen molar-refractivity contribution in [3.8, 4) is 10.6 Å². The minimum absolute atomic E-state index is 0.299. The van der Waals surface area contributed by atoms with Crippen molar-refractivity contribution in [2.75, 3.05) is 6.54 Å². The summed E-state index contributed by atoms with van der Waals surface area (Å²) in [6.45, 7) is 2.69. The van der Waals surface area contributed by atoms with E-state index in [-0.39, 0.29) is 0 Å². The fraction of sp³-hybridized carbons (Fsp3) is 0.250. The number of halogens is 1. The van der Waals surface area contributed by atoms with E-state index in [0.29, 0.717) is 12.5 Å². The molecule has 0 aliphatic carbocycles. The minimum atomic E-state index is 0.299. The average molecular weight is 253 g/mol. The molecule has 0 radical (unpaired) electrons. The Morgan fingerprint density at radius 1 is 1.44 bits per heavy atom. The summed E-state index contributed by atoms with van der Waals surface area (Å²) in [5.41, 5.74) is 7.65. The summed E-state index contributed by atoms with van der Waals surface area (Å²) in [5, 5.41) is 3.75. The summed E-state index contributed by atoms with van der Waals surface area (Å²) < 4.78 is 0. The van der Waals surface area contributed by atoms with E-state index in [0.717, 1.165) is 21.3 Å². The van der Waals surface area contributed by atoms with E-state index in [4.69, 9.17) is 17.3 Å². The molecule has 0 amide bonds. The molecule has 0 fully saturated rings. The first-order chi connectivity index (χ1) is 7.72. The van der Waals surface area contributed by atoms with Gasteiger partial charge in [0, 0.05) is 23.4 Å². The Balaban J connectivity index is 2.35. The van der Waals surface area contributed by atoms with Gasteiger partial charge in [-0.3, -0.25) is 0 Å². The van der Waals surface area contributed by atoms with Gasteiger partial charge in [-0.2, -0.15) is 0 Å². The van der Waals surface area contributed by atoms with E-state index in [1.807, 2.05) is 24.3 Å². The van der Waals surface area contributed by atoms with Crippen LogP contribution >= 0.6 is 22.9 Å². The standard InChI is InChI=1S/C12H13ClN2S/c1-8(6-14)11-7-16-12(15-11)9-4-2-3-5-10(9)13/h2-5,7-8H,6,14H2,1H3. The van der Waals surface area contributed by atoms with Crippen LogP contribution < -0.4 is 5.73 Å². The van der Waals surface area contributed by atoms with Crippen molar-refractivity contribution in [2.45, 2.75) is 12.8 Å². The summed E-state index contributed by atoms with van der Waals surface area (Å²) in [5.74, 6) is 0.299. The predicted octanol–water partition coefficient (Wildman–Crippen LogP) is 3.53. The molecule has 0 aliphatic rings. The summed E-state index contributed by atoms with van der Waals surface area (Å²) in [6.07, 6.45) is 0. The summed E-state index contributed by atoms with van der Waals surface area (Å²) in [7, 11) is 0. The molecule has 4 heteroatoms. The maximum atomic E-state index is 6.12. The molecular formula is C12H13ClN2S. The summed E-state index contributed by atoms with van der Waals surface area (Å²) in [6, 6.07) is 7.75. The van der Waals surface area contributed by atoms with Gasteiger partial charge in [-0.05, 0) is 6.07 Å². The Morgan fingerprint density at radius 3 is 2.88 bits per heavy atom. The molecule has 1 atom stereocenters. The molecule has 1 heterocycles. The van der Waals surface area contributed by atoms with E-state index in [1.54, 1.807) is 11.3 Å². The van der Waals surface area contributed by atoms with Gasteiger partial charge >= 0.3 is 0 Å². The number of nitrogens with two attached hydrogens (primary N) is 1. The second-order valence-electron chi connectivity index (χ2n) is 3.69. The van der Waals surface area contributed by atoms with Crippen molar-refractivity contribution >= 4 is 22.9 Å². The van der Waals surface area contributed by atoms with Crippen molar-refractivity contribution in [2.24, 2.45) is 5.73 Å². The Kier molecular flexibility index (Phi) is 3.59. The van der Waals surface area contributed by atoms with Gasteiger partial charge in [-0.1, -0.05) is 36.7 Å². The van der Waals surface area contributed by atoms with Crippen LogP contribution in [0.3, 0.4) is 0 Å². The zero-order valence-corrected chi connectivity index (χ0v) is 10.6. The van der Waals surface area contributed by atoms with Crippen LogP contribution in [0, 0.1) is 0 Å². The number of rotatable bonds is 3. The molecule has 84 valence electrons. The Labute approximate surface area is 104 Å². The number of hydrogen-bond acceptors (Lipinski definition) is 3. The van der Waals surface area contributed by atoms with Crippen LogP contribution in [0.1, 0.15) is 18.5 Å². The monoisotopic (exact) mass is 252 g/mol. The van der Waals surface area contributed by atoms with Crippen LogP contribution in [-0.4, -0.2) is 11.5 Å². The van der Waals surface area contributed by atoms with Crippen molar-refractivity contribution in [3.63, 3.8) is 0 Å². The third-order valence-corrected chi connectivity index (χ3v) is 3.71. The van der Waals surface area contributed by atoms with Gasteiger partial charge in [-0.15, -0.1) is 11.3 Å². The van der Waals surface area contributed by atoms with Gasteiger partial charge in [0.05, 0.1) is 10.7 Å². The number of benzene rings is 1. The lowest BCUT2D eigenvalue weighted by Crippen LogP contribution is -2.08. The van der Waals surface area contributed by atoms with Crippen LogP contribution in [-0.2, 0) is 0 Å². The SMILES string of the molecule is CC(CN)c1csc(-c2ccccc2Cl)n1. The molecule has 1 aromatic heterocycles. The highest BCUT2D eigenvalue weighted by Crippen LogP contribution is 2.31. The van der Waals surface area contributed by atoms with E-state index >= 15 is 0 Å². The Morgan fingerprint density at radius 2 is 2.19 bits per heavy atom. The normalized spacial score (nSPS) is 12.7. The lowest BCUT2D eigenvalue weighted by molar-refractivity contribution is 0.752. The lowest BCUT2D eigenvalue weighted by atomic mass is 10.1. The molecule has 1 aromatic carbocycles. The molecule has 2 nitrogen and oxygen atoms in total. The molecular weight excluding hydrogens is 240 g/mol. The third-order valence-electron chi connectivity index (χ3n) is 2.48. The molecule has 2 rings (SSSR count). The van der Waals surface area contributed by atoms with E-state index < -0.39 is 0 Å². The van der Waals surface area contributed by atoms with Gasteiger partial charge in [0.15, 0.2) is 0 Å². The maximum absolute atomic E-state index is 6.12. The molecule has 1 unspecified atom stereocenters. The smallest absolute Gasteiger partial charge is 0.125 e. The van der Waals surface area contributed by atoms with Gasteiger partial charge in [-0.25, -0.2) is 4.98 Å². The largest absolute Gasteiger partial charge is 0.330 e. The van der Waals surface area contributed by atoms with Crippen LogP contribution in [0.25, 0.3) is 10.6 Å². The fourth-order valence-corrected chi connectivity index (χ4v) is 2.65. The van der Waals surface area contributed by atoms with E-state index in [2.05, 4.69) is 17.3 Å². The van der Waals surface area contributed by atoms with Crippen LogP contribution in [0.15, 0.2) is 29.6 Å². The molecule has 0 bridgehead atoms. The van der Waals surface area contributed by atoms with E-state index in [1.165, 1.54) is 0 Å². The topological polar surface area (TPSA) is 38.9 Å². The molecule has 0 spiro atoms. The first-order valence-electron chi connectivity index (χ1n) is 5.12. The van der Waals surface area contributed by atoms with Crippen LogP contribution in [0.5, 0.6) is 0 Å². The number of aromatic nitrogens is 1. The highest BCUT2D eigenvalue weighted by molar-refractivity contribution is 7.13. The van der Waals surface area contributed by atoms with Gasteiger partial charge in [0.25, 0.3) is 0 Å². The number of nitrogens with zero attached hydrogens (tertiary/aromatic N) is 1. The van der Waals surface area contributed by atoms with Crippen LogP contribution in [0.2, 0.25) is 5.02 Å².